The largest absolute Gasteiger partial charge is 0.391 e. The van der Waals surface area contributed by atoms with Crippen molar-refractivity contribution in [2.24, 2.45) is 0 Å². The summed E-state index contributed by atoms with van der Waals surface area (Å²) < 4.78 is 25.1. The topological polar surface area (TPSA) is 66.4 Å². The Hall–Kier alpha value is -0.620. The number of aliphatic hydroxyl groups excluding tert-OH is 1. The maximum absolute atomic E-state index is 12.6. The van der Waals surface area contributed by atoms with Crippen LogP contribution in [0, 0.1) is 0 Å². The van der Waals surface area contributed by atoms with Crippen molar-refractivity contribution < 1.29 is 13.5 Å². The first kappa shape index (κ1) is 14.8. The van der Waals surface area contributed by atoms with Crippen LogP contribution in [0.4, 0.5) is 0 Å². The van der Waals surface area contributed by atoms with Gasteiger partial charge in [0, 0.05) is 6.04 Å². The third-order valence-electron chi connectivity index (χ3n) is 4.04. The van der Waals surface area contributed by atoms with Gasteiger partial charge in [-0.15, -0.1) is 12.4 Å². The van der Waals surface area contributed by atoms with Gasteiger partial charge in [0.25, 0.3) is 0 Å². The Morgan fingerprint density at radius 2 is 1.84 bits per heavy atom. The molecule has 2 N–H and O–H groups in total. The fraction of sp³-hybridized carbons (Fsp3) is 0.538. The summed E-state index contributed by atoms with van der Waals surface area (Å²) in [7, 11) is -3.35. The van der Waals surface area contributed by atoms with Crippen molar-refractivity contribution in [3.05, 3.63) is 30.3 Å². The Kier molecular flexibility index (Phi) is 4.20. The van der Waals surface area contributed by atoms with Crippen LogP contribution in [0.5, 0.6) is 0 Å². The molecule has 106 valence electrons. The lowest BCUT2D eigenvalue weighted by atomic mass is 10.0. The SMILES string of the molecule is Cl.O=S(=O)(c1ccccc1)C1CC2CC[C@@H](O)C1N2. The standard InChI is InChI=1S/C13H17NO3S.ClH/c15-11-7-6-9-8-12(13(11)14-9)18(16,17)10-4-2-1-3-5-10;/h1-5,9,11-15H,6-8H2;1H/t9?,11-,12?,13?;/m1./s1. The fourth-order valence-electron chi connectivity index (χ4n) is 3.09. The number of fused-ring (bicyclic) bond motifs is 2. The van der Waals surface area contributed by atoms with Gasteiger partial charge in [-0.3, -0.25) is 0 Å². The molecule has 19 heavy (non-hydrogen) atoms. The van der Waals surface area contributed by atoms with E-state index >= 15 is 0 Å². The van der Waals surface area contributed by atoms with Gasteiger partial charge >= 0.3 is 0 Å². The summed E-state index contributed by atoms with van der Waals surface area (Å²) in [4.78, 5) is 0.358. The number of nitrogens with one attached hydrogen (secondary N) is 1. The molecule has 6 heteroatoms. The molecule has 2 bridgehead atoms. The molecule has 0 amide bonds. The average molecular weight is 304 g/mol. The van der Waals surface area contributed by atoms with E-state index in [1.54, 1.807) is 30.3 Å². The molecule has 0 aromatic heterocycles. The van der Waals surface area contributed by atoms with E-state index in [9.17, 15) is 13.5 Å². The molecule has 2 saturated heterocycles. The summed E-state index contributed by atoms with van der Waals surface area (Å²) in [6.45, 7) is 0. The molecule has 0 saturated carbocycles. The zero-order valence-electron chi connectivity index (χ0n) is 10.4. The van der Waals surface area contributed by atoms with E-state index in [1.165, 1.54) is 0 Å². The second-order valence-electron chi connectivity index (χ2n) is 5.17. The summed E-state index contributed by atoms with van der Waals surface area (Å²) in [6.07, 6.45) is 1.62. The molecule has 0 spiro atoms. The maximum Gasteiger partial charge on any atom is 0.182 e. The number of benzene rings is 1. The quantitative estimate of drug-likeness (QED) is 0.860. The second-order valence-corrected chi connectivity index (χ2v) is 7.33. The van der Waals surface area contributed by atoms with Crippen molar-refractivity contribution in [3.8, 4) is 0 Å². The van der Waals surface area contributed by atoms with Crippen LogP contribution >= 0.6 is 12.4 Å². The van der Waals surface area contributed by atoms with Crippen LogP contribution in [0.15, 0.2) is 35.2 Å². The van der Waals surface area contributed by atoms with Crippen LogP contribution in [0.2, 0.25) is 0 Å². The van der Waals surface area contributed by atoms with Gasteiger partial charge in [0.1, 0.15) is 0 Å². The molecule has 2 heterocycles. The molecule has 1 aromatic carbocycles. The van der Waals surface area contributed by atoms with E-state index in [-0.39, 0.29) is 24.5 Å². The molecule has 1 aromatic rings. The number of piperidine rings is 1. The summed E-state index contributed by atoms with van der Waals surface area (Å²) in [5.41, 5.74) is 0. The summed E-state index contributed by atoms with van der Waals surface area (Å²) >= 11 is 0. The number of aliphatic hydroxyl groups is 1. The van der Waals surface area contributed by atoms with E-state index in [2.05, 4.69) is 5.32 Å². The predicted molar refractivity (Wildman–Crippen MR) is 75.2 cm³/mol. The normalized spacial score (nSPS) is 33.7. The number of hydrogen-bond donors (Lipinski definition) is 2. The molecule has 4 nitrogen and oxygen atoms in total. The predicted octanol–water partition coefficient (Wildman–Crippen LogP) is 1.14. The van der Waals surface area contributed by atoms with Crippen LogP contribution < -0.4 is 5.32 Å². The van der Waals surface area contributed by atoms with E-state index in [4.69, 9.17) is 0 Å². The number of rotatable bonds is 2. The van der Waals surface area contributed by atoms with Gasteiger partial charge in [-0.25, -0.2) is 8.42 Å². The van der Waals surface area contributed by atoms with Crippen LogP contribution in [0.25, 0.3) is 0 Å². The highest BCUT2D eigenvalue weighted by atomic mass is 35.5. The molecule has 2 aliphatic rings. The monoisotopic (exact) mass is 303 g/mol. The smallest absolute Gasteiger partial charge is 0.182 e. The third-order valence-corrected chi connectivity index (χ3v) is 6.25. The van der Waals surface area contributed by atoms with Gasteiger partial charge in [-0.1, -0.05) is 18.2 Å². The Morgan fingerprint density at radius 1 is 1.16 bits per heavy atom. The summed E-state index contributed by atoms with van der Waals surface area (Å²) in [6, 6.07) is 8.46. The van der Waals surface area contributed by atoms with E-state index in [0.29, 0.717) is 17.7 Å². The molecule has 3 rings (SSSR count). The second kappa shape index (κ2) is 5.40. The summed E-state index contributed by atoms with van der Waals surface area (Å²) in [5, 5.41) is 12.7. The Balaban J connectivity index is 0.00000133. The highest BCUT2D eigenvalue weighted by Gasteiger charge is 2.48. The Labute approximate surface area is 119 Å². The molecule has 0 radical (unpaired) electrons. The zero-order chi connectivity index (χ0) is 12.8. The van der Waals surface area contributed by atoms with Gasteiger partial charge in [0.15, 0.2) is 9.84 Å². The van der Waals surface area contributed by atoms with Gasteiger partial charge in [-0.2, -0.15) is 0 Å². The van der Waals surface area contributed by atoms with E-state index in [1.807, 2.05) is 0 Å². The van der Waals surface area contributed by atoms with Crippen molar-refractivity contribution in [3.63, 3.8) is 0 Å². The number of hydrogen-bond acceptors (Lipinski definition) is 4. The summed E-state index contributed by atoms with van der Waals surface area (Å²) in [5.74, 6) is 0. The average Bonchev–Trinajstić information content (AvgIpc) is 2.75. The van der Waals surface area contributed by atoms with E-state index < -0.39 is 21.2 Å². The highest BCUT2D eigenvalue weighted by Crippen LogP contribution is 2.34. The molecular weight excluding hydrogens is 286 g/mol. The first-order valence-electron chi connectivity index (χ1n) is 6.32. The lowest BCUT2D eigenvalue weighted by molar-refractivity contribution is 0.104. The maximum atomic E-state index is 12.6. The minimum absolute atomic E-state index is 0. The van der Waals surface area contributed by atoms with Crippen LogP contribution in [0.3, 0.4) is 0 Å². The Bertz CT molecular complexity index is 534. The van der Waals surface area contributed by atoms with Gasteiger partial charge in [0.05, 0.1) is 22.3 Å². The van der Waals surface area contributed by atoms with Crippen molar-refractivity contribution in [1.82, 2.24) is 5.32 Å². The molecule has 0 aliphatic carbocycles. The van der Waals surface area contributed by atoms with Crippen LogP contribution in [-0.2, 0) is 9.84 Å². The number of sulfone groups is 1. The van der Waals surface area contributed by atoms with Crippen molar-refractivity contribution >= 4 is 22.2 Å². The molecule has 2 aliphatic heterocycles. The molecule has 2 fully saturated rings. The number of halogens is 1. The zero-order valence-corrected chi connectivity index (χ0v) is 12.0. The highest BCUT2D eigenvalue weighted by molar-refractivity contribution is 7.92. The van der Waals surface area contributed by atoms with Gasteiger partial charge in [0.2, 0.25) is 0 Å². The molecule has 3 unspecified atom stereocenters. The van der Waals surface area contributed by atoms with Crippen molar-refractivity contribution in [1.29, 1.82) is 0 Å². The van der Waals surface area contributed by atoms with Crippen LogP contribution in [-0.4, -0.2) is 37.0 Å². The first-order valence-corrected chi connectivity index (χ1v) is 7.87. The van der Waals surface area contributed by atoms with Crippen LogP contribution in [0.1, 0.15) is 19.3 Å². The van der Waals surface area contributed by atoms with Gasteiger partial charge < -0.3 is 10.4 Å². The fourth-order valence-corrected chi connectivity index (χ4v) is 5.11. The Morgan fingerprint density at radius 3 is 2.53 bits per heavy atom. The lowest BCUT2D eigenvalue weighted by Gasteiger charge is -2.28. The lowest BCUT2D eigenvalue weighted by Crippen LogP contribution is -2.48. The van der Waals surface area contributed by atoms with Gasteiger partial charge in [-0.05, 0) is 31.4 Å². The molecular formula is C13H18ClNO3S. The minimum Gasteiger partial charge on any atom is -0.391 e. The molecule has 4 atom stereocenters. The van der Waals surface area contributed by atoms with Crippen molar-refractivity contribution in [2.75, 3.05) is 0 Å². The first-order chi connectivity index (χ1) is 8.59. The van der Waals surface area contributed by atoms with Crippen molar-refractivity contribution in [2.45, 2.75) is 47.6 Å². The van der Waals surface area contributed by atoms with E-state index in [0.717, 1.165) is 6.42 Å². The third kappa shape index (κ3) is 2.52. The minimum atomic E-state index is -3.35.